The number of ether oxygens (including phenoxy) is 4. The molecule has 8 aliphatic carbocycles. The maximum absolute atomic E-state index is 10.0. The van der Waals surface area contributed by atoms with E-state index in [-0.39, 0.29) is 5.04 Å². The van der Waals surface area contributed by atoms with Crippen molar-refractivity contribution in [1.29, 1.82) is 0 Å². The first-order chi connectivity index (χ1) is 30.5. The van der Waals surface area contributed by atoms with Gasteiger partial charge in [0.1, 0.15) is 60.9 Å². The third-order valence-electron chi connectivity index (χ3n) is 15.6. The molecule has 4 aromatic carbocycles. The highest BCUT2D eigenvalue weighted by atomic mass is 28.4. The van der Waals surface area contributed by atoms with Gasteiger partial charge in [0.2, 0.25) is 8.32 Å². The summed E-state index contributed by atoms with van der Waals surface area (Å²) in [6.07, 6.45) is 13.5. The van der Waals surface area contributed by atoms with E-state index in [1.807, 2.05) is 72.8 Å². The first-order valence-corrected chi connectivity index (χ1v) is 27.0. The van der Waals surface area contributed by atoms with E-state index in [0.717, 1.165) is 58.0 Å². The first-order valence-electron chi connectivity index (χ1n) is 24.1. The number of phenols is 1. The quantitative estimate of drug-likeness (QED) is 0.0774. The highest BCUT2D eigenvalue weighted by molar-refractivity contribution is 6.74. The second-order valence-electron chi connectivity index (χ2n) is 21.1. The standard InChI is InChI=1S/C31H42O3Si.C25H28O3/c1-31(2,3)35(4,5)34-28-13-9-10-24(21-28)30(33-15-14-32-27-11-7-6-8-12-27)29-25-17-22-16-23(19-25)20-26(29)18-22;26-22-6-4-5-19(16-22)25(28-10-9-27-23-7-2-1-3-8-23)24-20-12-17-11-18(14-20)15-21(24)13-17/h6-13,21-23,25-26H,14-20H2,1-5H3;1-8,16-18,20-21,26H,9-15H2. The van der Waals surface area contributed by atoms with Crippen molar-refractivity contribution in [3.05, 3.63) is 131 Å². The van der Waals surface area contributed by atoms with Crippen LogP contribution in [0, 0.1) is 47.3 Å². The van der Waals surface area contributed by atoms with Gasteiger partial charge in [0.25, 0.3) is 0 Å². The molecule has 0 saturated heterocycles. The molecule has 12 rings (SSSR count). The van der Waals surface area contributed by atoms with E-state index in [4.69, 9.17) is 23.4 Å². The average Bonchev–Trinajstić information content (AvgIpc) is 3.25. The Morgan fingerprint density at radius 1 is 0.492 bits per heavy atom. The van der Waals surface area contributed by atoms with Crippen molar-refractivity contribution < 1.29 is 28.5 Å². The molecule has 8 bridgehead atoms. The van der Waals surface area contributed by atoms with Crippen molar-refractivity contribution in [2.45, 2.75) is 103 Å². The summed E-state index contributed by atoms with van der Waals surface area (Å²) in [5.74, 6) is 11.5. The lowest BCUT2D eigenvalue weighted by Crippen LogP contribution is -2.43. The minimum atomic E-state index is -1.91. The second-order valence-corrected chi connectivity index (χ2v) is 25.9. The topological polar surface area (TPSA) is 66.4 Å². The van der Waals surface area contributed by atoms with Gasteiger partial charge in [-0.25, -0.2) is 0 Å². The predicted octanol–water partition coefficient (Wildman–Crippen LogP) is 14.0. The highest BCUT2D eigenvalue weighted by Crippen LogP contribution is 2.59. The number of hydrogen-bond acceptors (Lipinski definition) is 6. The number of phenolic OH excluding ortho intramolecular Hbond substituents is 1. The fraction of sp³-hybridized carbons (Fsp3) is 0.500. The Morgan fingerprint density at radius 2 is 0.889 bits per heavy atom. The molecule has 0 spiro atoms. The molecule has 0 atom stereocenters. The SMILES string of the molecule is CC(C)(C)[Si](C)(C)Oc1cccc(C(OCCOc2ccccc2)=C2C3CC4CC(C3)CC2C4)c1.Oc1cccc(C(OCCOc2ccccc2)=C2C3CC4CC(C3)CC2C4)c1. The number of aromatic hydroxyl groups is 1. The van der Waals surface area contributed by atoms with Crippen LogP contribution in [0.1, 0.15) is 96.1 Å². The average molecular weight is 867 g/mol. The van der Waals surface area contributed by atoms with Crippen LogP contribution < -0.4 is 13.9 Å². The summed E-state index contributed by atoms with van der Waals surface area (Å²) in [6, 6.07) is 36.1. The minimum absolute atomic E-state index is 0.164. The summed E-state index contributed by atoms with van der Waals surface area (Å²) < 4.78 is 31.5. The molecular formula is C56H70O6Si. The Bertz CT molecular complexity index is 2160. The van der Waals surface area contributed by atoms with E-state index in [2.05, 4.69) is 64.2 Å². The third-order valence-corrected chi connectivity index (χ3v) is 20.0. The van der Waals surface area contributed by atoms with Crippen LogP contribution in [0.2, 0.25) is 18.1 Å². The van der Waals surface area contributed by atoms with Gasteiger partial charge in [-0.05, 0) is 189 Å². The van der Waals surface area contributed by atoms with E-state index in [9.17, 15) is 5.11 Å². The summed E-state index contributed by atoms with van der Waals surface area (Å²) in [6.45, 7) is 13.6. The highest BCUT2D eigenvalue weighted by Gasteiger charge is 2.48. The van der Waals surface area contributed by atoms with Gasteiger partial charge in [0.05, 0.1) is 0 Å². The number of para-hydroxylation sites is 2. The van der Waals surface area contributed by atoms with Gasteiger partial charge in [-0.3, -0.25) is 0 Å². The zero-order chi connectivity index (χ0) is 43.6. The Hall–Kier alpha value is -4.62. The first kappa shape index (κ1) is 43.6. The van der Waals surface area contributed by atoms with Gasteiger partial charge in [-0.1, -0.05) is 81.4 Å². The van der Waals surface area contributed by atoms with E-state index in [1.54, 1.807) is 11.6 Å². The Labute approximate surface area is 378 Å². The van der Waals surface area contributed by atoms with Crippen LogP contribution >= 0.6 is 0 Å². The molecule has 4 aromatic rings. The molecule has 334 valence electrons. The molecular weight excluding hydrogens is 797 g/mol. The number of hydrogen-bond donors (Lipinski definition) is 1. The smallest absolute Gasteiger partial charge is 0.250 e. The molecule has 0 amide bonds. The van der Waals surface area contributed by atoms with Gasteiger partial charge < -0.3 is 28.5 Å². The summed E-state index contributed by atoms with van der Waals surface area (Å²) in [5.41, 5.74) is 5.27. The lowest BCUT2D eigenvalue weighted by Gasteiger charge is -2.51. The van der Waals surface area contributed by atoms with Crippen LogP contribution in [-0.2, 0) is 9.47 Å². The maximum atomic E-state index is 10.0. The van der Waals surface area contributed by atoms with Crippen molar-refractivity contribution in [1.82, 2.24) is 0 Å². The van der Waals surface area contributed by atoms with Crippen LogP contribution in [-0.4, -0.2) is 39.9 Å². The van der Waals surface area contributed by atoms with Crippen LogP contribution in [0.25, 0.3) is 11.5 Å². The molecule has 8 aliphatic rings. The van der Waals surface area contributed by atoms with Crippen molar-refractivity contribution in [3.8, 4) is 23.0 Å². The minimum Gasteiger partial charge on any atom is -0.543 e. The van der Waals surface area contributed by atoms with Crippen molar-refractivity contribution >= 4 is 19.8 Å². The normalized spacial score (nSPS) is 26.4. The maximum Gasteiger partial charge on any atom is 0.250 e. The largest absolute Gasteiger partial charge is 0.543 e. The second kappa shape index (κ2) is 18.8. The zero-order valence-electron chi connectivity index (χ0n) is 38.4. The molecule has 0 radical (unpaired) electrons. The van der Waals surface area contributed by atoms with Crippen LogP contribution in [0.5, 0.6) is 23.0 Å². The summed E-state index contributed by atoms with van der Waals surface area (Å²) in [5, 5.41) is 10.2. The van der Waals surface area contributed by atoms with E-state index >= 15 is 0 Å². The van der Waals surface area contributed by atoms with Crippen molar-refractivity contribution in [2.24, 2.45) is 47.3 Å². The van der Waals surface area contributed by atoms with Crippen molar-refractivity contribution in [3.63, 3.8) is 0 Å². The van der Waals surface area contributed by atoms with Gasteiger partial charge in [-0.15, -0.1) is 0 Å². The lowest BCUT2D eigenvalue weighted by atomic mass is 9.54. The molecule has 1 N–H and O–H groups in total. The van der Waals surface area contributed by atoms with E-state index in [0.29, 0.717) is 55.8 Å². The lowest BCUT2D eigenvalue weighted by molar-refractivity contribution is 0.0657. The van der Waals surface area contributed by atoms with E-state index in [1.165, 1.54) is 75.3 Å². The number of benzene rings is 4. The van der Waals surface area contributed by atoms with E-state index < -0.39 is 8.32 Å². The van der Waals surface area contributed by atoms with Gasteiger partial charge in [0, 0.05) is 11.1 Å². The number of allylic oxidation sites excluding steroid dienone is 2. The fourth-order valence-electron chi connectivity index (χ4n) is 12.2. The van der Waals surface area contributed by atoms with Crippen molar-refractivity contribution in [2.75, 3.05) is 26.4 Å². The monoisotopic (exact) mass is 866 g/mol. The summed E-state index contributed by atoms with van der Waals surface area (Å²) in [4.78, 5) is 0. The Balaban J connectivity index is 0.000000164. The molecule has 6 nitrogen and oxygen atoms in total. The van der Waals surface area contributed by atoms with Gasteiger partial charge >= 0.3 is 0 Å². The summed E-state index contributed by atoms with van der Waals surface area (Å²) in [7, 11) is -1.91. The van der Waals surface area contributed by atoms with Crippen LogP contribution in [0.4, 0.5) is 0 Å². The van der Waals surface area contributed by atoms with Crippen LogP contribution in [0.3, 0.4) is 0 Å². The Kier molecular flexibility index (Phi) is 13.0. The molecule has 7 heteroatoms. The molecule has 0 aromatic heterocycles. The van der Waals surface area contributed by atoms with Gasteiger partial charge in [-0.2, -0.15) is 0 Å². The van der Waals surface area contributed by atoms with Crippen LogP contribution in [0.15, 0.2) is 120 Å². The van der Waals surface area contributed by atoms with Gasteiger partial charge in [0.15, 0.2) is 0 Å². The number of rotatable bonds is 14. The molecule has 8 saturated carbocycles. The predicted molar refractivity (Wildman–Crippen MR) is 256 cm³/mol. The molecule has 0 aliphatic heterocycles. The fourth-order valence-corrected chi connectivity index (χ4v) is 13.3. The zero-order valence-corrected chi connectivity index (χ0v) is 39.4. The molecule has 0 heterocycles. The summed E-state index contributed by atoms with van der Waals surface area (Å²) >= 11 is 0. The molecule has 63 heavy (non-hydrogen) atoms. The Morgan fingerprint density at radius 3 is 1.30 bits per heavy atom. The molecule has 8 fully saturated rings. The third kappa shape index (κ3) is 10.2. The molecule has 0 unspecified atom stereocenters.